The molecule has 0 spiro atoms. The van der Waals surface area contributed by atoms with E-state index in [1.807, 2.05) is 32.0 Å². The van der Waals surface area contributed by atoms with Crippen LogP contribution < -0.4 is 5.32 Å². The number of aliphatic hydroxyl groups is 1. The Hall–Kier alpha value is -1.95. The lowest BCUT2D eigenvalue weighted by Crippen LogP contribution is -2.27. The van der Waals surface area contributed by atoms with E-state index in [0.717, 1.165) is 24.2 Å². The molecule has 22 heavy (non-hydrogen) atoms. The van der Waals surface area contributed by atoms with Crippen LogP contribution in [0.5, 0.6) is 0 Å². The maximum absolute atomic E-state index is 10.2. The average Bonchev–Trinajstić information content (AvgIpc) is 3.15. The molecule has 1 aliphatic carbocycles. The molecule has 0 saturated heterocycles. The van der Waals surface area contributed by atoms with Gasteiger partial charge in [-0.3, -0.25) is 0 Å². The lowest BCUT2D eigenvalue weighted by Gasteiger charge is -2.18. The number of rotatable bonds is 5. The fourth-order valence-corrected chi connectivity index (χ4v) is 3.11. The third kappa shape index (κ3) is 3.27. The van der Waals surface area contributed by atoms with Crippen LogP contribution in [0.15, 0.2) is 18.2 Å². The second-order valence-electron chi connectivity index (χ2n) is 6.11. The minimum absolute atomic E-state index is 0.306. The van der Waals surface area contributed by atoms with Crippen LogP contribution in [0.1, 0.15) is 37.1 Å². The van der Waals surface area contributed by atoms with Crippen LogP contribution in [0, 0.1) is 19.8 Å². The molecule has 0 bridgehead atoms. The van der Waals surface area contributed by atoms with Gasteiger partial charge in [0.25, 0.3) is 0 Å². The third-order valence-electron chi connectivity index (χ3n) is 4.31. The molecule has 1 fully saturated rings. The summed E-state index contributed by atoms with van der Waals surface area (Å²) in [4.78, 5) is 0. The predicted octanol–water partition coefficient (Wildman–Crippen LogP) is 2.24. The van der Waals surface area contributed by atoms with Crippen molar-refractivity contribution < 1.29 is 5.11 Å². The van der Waals surface area contributed by atoms with Crippen LogP contribution in [-0.2, 0) is 0 Å². The summed E-state index contributed by atoms with van der Waals surface area (Å²) >= 11 is 0. The lowest BCUT2D eigenvalue weighted by atomic mass is 10.0. The van der Waals surface area contributed by atoms with Crippen molar-refractivity contribution in [3.05, 3.63) is 29.6 Å². The van der Waals surface area contributed by atoms with Crippen molar-refractivity contribution in [2.75, 3.05) is 11.9 Å². The first-order valence-corrected chi connectivity index (χ1v) is 7.93. The first-order valence-electron chi connectivity index (χ1n) is 7.93. The Morgan fingerprint density at radius 2 is 2.05 bits per heavy atom. The normalized spacial score (nSPS) is 16.9. The van der Waals surface area contributed by atoms with E-state index < -0.39 is 0 Å². The molecule has 1 aliphatic rings. The van der Waals surface area contributed by atoms with Gasteiger partial charge in [0.05, 0.1) is 11.8 Å². The standard InChI is InChI=1S/C16H23N5O/c1-11-9-12(2)21(20-11)16-8-7-15(18-19-16)17-10-14(22)13-5-3-4-6-13/h7-9,13-14,22H,3-6,10H2,1-2H3,(H,17,18)/t14-/m0/s1. The molecule has 0 amide bonds. The van der Waals surface area contributed by atoms with Crippen molar-refractivity contribution in [2.24, 2.45) is 5.92 Å². The summed E-state index contributed by atoms with van der Waals surface area (Å²) in [6.45, 7) is 4.47. The maximum Gasteiger partial charge on any atom is 0.176 e. The second kappa shape index (κ2) is 6.44. The Bertz CT molecular complexity index is 616. The van der Waals surface area contributed by atoms with E-state index in [9.17, 15) is 5.11 Å². The van der Waals surface area contributed by atoms with Crippen LogP contribution in [0.25, 0.3) is 5.82 Å². The number of aromatic nitrogens is 4. The van der Waals surface area contributed by atoms with Crippen LogP contribution >= 0.6 is 0 Å². The fraction of sp³-hybridized carbons (Fsp3) is 0.562. The predicted molar refractivity (Wildman–Crippen MR) is 85.1 cm³/mol. The summed E-state index contributed by atoms with van der Waals surface area (Å²) in [5.74, 6) is 1.81. The zero-order valence-corrected chi connectivity index (χ0v) is 13.2. The SMILES string of the molecule is Cc1cc(C)n(-c2ccc(NC[C@H](O)C3CCCC3)nn2)n1. The summed E-state index contributed by atoms with van der Waals surface area (Å²) in [5, 5.41) is 26.1. The molecule has 2 aromatic rings. The van der Waals surface area contributed by atoms with E-state index in [1.54, 1.807) is 4.68 Å². The van der Waals surface area contributed by atoms with Gasteiger partial charge >= 0.3 is 0 Å². The fourth-order valence-electron chi connectivity index (χ4n) is 3.11. The number of hydrogen-bond donors (Lipinski definition) is 2. The minimum atomic E-state index is -0.306. The Kier molecular flexibility index (Phi) is 4.38. The molecular formula is C16H23N5O. The summed E-state index contributed by atoms with van der Waals surface area (Å²) < 4.78 is 1.78. The number of aryl methyl sites for hydroxylation is 2. The molecular weight excluding hydrogens is 278 g/mol. The minimum Gasteiger partial charge on any atom is -0.391 e. The molecule has 0 aromatic carbocycles. The first-order chi connectivity index (χ1) is 10.6. The molecule has 0 radical (unpaired) electrons. The molecule has 0 unspecified atom stereocenters. The molecule has 118 valence electrons. The van der Waals surface area contributed by atoms with Gasteiger partial charge in [-0.05, 0) is 50.8 Å². The highest BCUT2D eigenvalue weighted by atomic mass is 16.3. The van der Waals surface area contributed by atoms with Gasteiger partial charge in [0.15, 0.2) is 5.82 Å². The van der Waals surface area contributed by atoms with Crippen molar-refractivity contribution >= 4 is 5.82 Å². The van der Waals surface area contributed by atoms with Gasteiger partial charge in [-0.2, -0.15) is 5.10 Å². The zero-order chi connectivity index (χ0) is 15.5. The quantitative estimate of drug-likeness (QED) is 0.886. The number of hydrogen-bond acceptors (Lipinski definition) is 5. The van der Waals surface area contributed by atoms with Gasteiger partial charge in [0, 0.05) is 12.2 Å². The van der Waals surface area contributed by atoms with E-state index in [1.165, 1.54) is 12.8 Å². The topological polar surface area (TPSA) is 75.9 Å². The molecule has 3 rings (SSSR count). The van der Waals surface area contributed by atoms with Crippen molar-refractivity contribution in [3.63, 3.8) is 0 Å². The third-order valence-corrected chi connectivity index (χ3v) is 4.31. The second-order valence-corrected chi connectivity index (χ2v) is 6.11. The van der Waals surface area contributed by atoms with Crippen molar-refractivity contribution in [2.45, 2.75) is 45.6 Å². The van der Waals surface area contributed by atoms with E-state index in [-0.39, 0.29) is 6.10 Å². The van der Waals surface area contributed by atoms with Crippen LogP contribution in [-0.4, -0.2) is 37.7 Å². The maximum atomic E-state index is 10.2. The van der Waals surface area contributed by atoms with Crippen LogP contribution in [0.3, 0.4) is 0 Å². The van der Waals surface area contributed by atoms with E-state index in [2.05, 4.69) is 20.6 Å². The van der Waals surface area contributed by atoms with Gasteiger partial charge in [-0.1, -0.05) is 12.8 Å². The molecule has 0 aliphatic heterocycles. The van der Waals surface area contributed by atoms with Gasteiger partial charge < -0.3 is 10.4 Å². The Balaban J connectivity index is 1.60. The summed E-state index contributed by atoms with van der Waals surface area (Å²) in [6, 6.07) is 5.77. The Morgan fingerprint density at radius 1 is 1.27 bits per heavy atom. The van der Waals surface area contributed by atoms with Crippen LogP contribution in [0.4, 0.5) is 5.82 Å². The molecule has 2 N–H and O–H groups in total. The monoisotopic (exact) mass is 301 g/mol. The number of aliphatic hydroxyl groups excluding tert-OH is 1. The van der Waals surface area contributed by atoms with Gasteiger partial charge in [0.2, 0.25) is 0 Å². The van der Waals surface area contributed by atoms with Crippen molar-refractivity contribution in [3.8, 4) is 5.82 Å². The first kappa shape index (κ1) is 15.0. The number of nitrogens with one attached hydrogen (secondary N) is 1. The van der Waals surface area contributed by atoms with E-state index in [4.69, 9.17) is 0 Å². The molecule has 6 heteroatoms. The summed E-state index contributed by atoms with van der Waals surface area (Å²) in [5.41, 5.74) is 1.99. The van der Waals surface area contributed by atoms with Gasteiger partial charge in [-0.25, -0.2) is 4.68 Å². The summed E-state index contributed by atoms with van der Waals surface area (Å²) in [6.07, 6.45) is 4.43. The van der Waals surface area contributed by atoms with E-state index >= 15 is 0 Å². The Morgan fingerprint density at radius 3 is 2.64 bits per heavy atom. The average molecular weight is 301 g/mol. The summed E-state index contributed by atoms with van der Waals surface area (Å²) in [7, 11) is 0. The number of nitrogens with zero attached hydrogens (tertiary/aromatic N) is 4. The van der Waals surface area contributed by atoms with E-state index in [0.29, 0.717) is 24.1 Å². The van der Waals surface area contributed by atoms with Crippen LogP contribution in [0.2, 0.25) is 0 Å². The highest BCUT2D eigenvalue weighted by Crippen LogP contribution is 2.27. The highest BCUT2D eigenvalue weighted by molar-refractivity contribution is 5.37. The van der Waals surface area contributed by atoms with Crippen molar-refractivity contribution in [1.29, 1.82) is 0 Å². The smallest absolute Gasteiger partial charge is 0.176 e. The molecule has 2 aromatic heterocycles. The lowest BCUT2D eigenvalue weighted by molar-refractivity contribution is 0.122. The van der Waals surface area contributed by atoms with Gasteiger partial charge in [-0.15, -0.1) is 10.2 Å². The zero-order valence-electron chi connectivity index (χ0n) is 13.2. The largest absolute Gasteiger partial charge is 0.391 e. The Labute approximate surface area is 130 Å². The molecule has 2 heterocycles. The van der Waals surface area contributed by atoms with Crippen molar-refractivity contribution in [1.82, 2.24) is 20.0 Å². The molecule has 6 nitrogen and oxygen atoms in total. The molecule has 1 atom stereocenters. The molecule has 1 saturated carbocycles. The van der Waals surface area contributed by atoms with Gasteiger partial charge in [0.1, 0.15) is 5.82 Å². The highest BCUT2D eigenvalue weighted by Gasteiger charge is 2.22. The number of anilines is 1.